The molecule has 0 saturated carbocycles. The second kappa shape index (κ2) is 3.53. The zero-order chi connectivity index (χ0) is 8.20. The Morgan fingerprint density at radius 3 is 2.50 bits per heavy atom. The number of carbonyl (C=O) groups excluding carboxylic acids is 1. The molecule has 0 aromatic rings. The monoisotopic (exact) mass is 146 g/mol. The molecule has 4 heteroatoms. The van der Waals surface area contributed by atoms with Gasteiger partial charge in [-0.15, -0.1) is 0 Å². The summed E-state index contributed by atoms with van der Waals surface area (Å²) in [6, 6.07) is 0. The van der Waals surface area contributed by atoms with Crippen LogP contribution in [-0.2, 0) is 9.63 Å². The first-order chi connectivity index (χ1) is 4.42. The zero-order valence-corrected chi connectivity index (χ0v) is 6.42. The van der Waals surface area contributed by atoms with Gasteiger partial charge in [0.1, 0.15) is 6.61 Å². The summed E-state index contributed by atoms with van der Waals surface area (Å²) in [4.78, 5) is 14.6. The van der Waals surface area contributed by atoms with E-state index in [0.29, 0.717) is 0 Å². The van der Waals surface area contributed by atoms with Crippen molar-refractivity contribution in [2.24, 2.45) is 0 Å². The molecule has 0 aliphatic carbocycles. The number of hydrogen-bond acceptors (Lipinski definition) is 3. The highest BCUT2D eigenvalue weighted by atomic mass is 16.7. The second-order valence-electron chi connectivity index (χ2n) is 2.70. The number of hydroxylamine groups is 1. The van der Waals surface area contributed by atoms with E-state index < -0.39 is 11.5 Å². The number of hydrogen-bond donors (Lipinski definition) is 1. The van der Waals surface area contributed by atoms with Crippen LogP contribution in [0.15, 0.2) is 0 Å². The van der Waals surface area contributed by atoms with Gasteiger partial charge in [-0.1, -0.05) is 5.48 Å². The van der Waals surface area contributed by atoms with Crippen LogP contribution in [0.4, 0.5) is 0 Å². The van der Waals surface area contributed by atoms with Crippen molar-refractivity contribution in [1.29, 1.82) is 0 Å². The molecule has 10 heavy (non-hydrogen) atoms. The first-order valence-corrected chi connectivity index (χ1v) is 2.98. The van der Waals surface area contributed by atoms with E-state index in [9.17, 15) is 4.79 Å². The average Bonchev–Trinajstić information content (AvgIpc) is 1.59. The maximum Gasteiger partial charge on any atom is 0.266 e. The lowest BCUT2D eigenvalue weighted by Crippen LogP contribution is -2.29. The highest BCUT2D eigenvalue weighted by molar-refractivity contribution is 5.71. The Hall–Kier alpha value is -0.610. The number of nitrogens with zero attached hydrogens (tertiary/aromatic N) is 1. The summed E-state index contributed by atoms with van der Waals surface area (Å²) in [5.74, 6) is -0.399. The van der Waals surface area contributed by atoms with Crippen LogP contribution >= 0.6 is 0 Å². The number of amides is 1. The molecule has 0 atom stereocenters. The van der Waals surface area contributed by atoms with Crippen LogP contribution in [0, 0.1) is 0 Å². The smallest absolute Gasteiger partial charge is 0.266 e. The molecule has 1 N–H and O–H groups in total. The van der Waals surface area contributed by atoms with Crippen LogP contribution in [0.1, 0.15) is 20.8 Å². The number of rotatable bonds is 3. The Kier molecular flexibility index (Phi) is 3.32. The third-order valence-electron chi connectivity index (χ3n) is 0.611. The molecule has 1 amide bonds. The number of carbonyl (C=O) groups is 1. The molecule has 0 rings (SSSR count). The largest absolute Gasteiger partial charge is 0.388 e. The zero-order valence-electron chi connectivity index (χ0n) is 6.42. The molecular formula is C6H12NO3. The first-order valence-electron chi connectivity index (χ1n) is 2.98. The van der Waals surface area contributed by atoms with Gasteiger partial charge in [0.2, 0.25) is 0 Å². The summed E-state index contributed by atoms with van der Waals surface area (Å²) in [5, 5.41) is 9.03. The van der Waals surface area contributed by atoms with E-state index in [2.05, 4.69) is 10.3 Å². The quantitative estimate of drug-likeness (QED) is 0.563. The molecule has 1 radical (unpaired) electrons. The minimum atomic E-state index is -0.932. The lowest BCUT2D eigenvalue weighted by Gasteiger charge is -2.14. The lowest BCUT2D eigenvalue weighted by molar-refractivity contribution is -0.138. The van der Waals surface area contributed by atoms with Crippen molar-refractivity contribution in [2.75, 3.05) is 6.61 Å². The van der Waals surface area contributed by atoms with Crippen LogP contribution in [0.2, 0.25) is 0 Å². The molecule has 4 nitrogen and oxygen atoms in total. The summed E-state index contributed by atoms with van der Waals surface area (Å²) < 4.78 is 0. The van der Waals surface area contributed by atoms with Gasteiger partial charge in [0.15, 0.2) is 0 Å². The van der Waals surface area contributed by atoms with Gasteiger partial charge in [0, 0.05) is 6.92 Å². The Morgan fingerprint density at radius 2 is 2.20 bits per heavy atom. The Labute approximate surface area is 60.1 Å². The van der Waals surface area contributed by atoms with E-state index >= 15 is 0 Å². The molecule has 0 aliphatic rings. The van der Waals surface area contributed by atoms with Crippen LogP contribution in [-0.4, -0.2) is 23.2 Å². The van der Waals surface area contributed by atoms with Crippen molar-refractivity contribution in [3.8, 4) is 0 Å². The van der Waals surface area contributed by atoms with Crippen molar-refractivity contribution >= 4 is 5.91 Å². The standard InChI is InChI=1S/C6H12NO3/c1-5(8)7-10-4-6(2,3)9/h9H,4H2,1-3H3. The highest BCUT2D eigenvalue weighted by Gasteiger charge is 2.13. The van der Waals surface area contributed by atoms with Crippen molar-refractivity contribution < 1.29 is 14.7 Å². The Morgan fingerprint density at radius 1 is 1.70 bits per heavy atom. The summed E-state index contributed by atoms with van der Waals surface area (Å²) in [5.41, 5.74) is 2.18. The van der Waals surface area contributed by atoms with Gasteiger partial charge in [-0.05, 0) is 13.8 Å². The molecule has 0 aromatic carbocycles. The van der Waals surface area contributed by atoms with Crippen LogP contribution in [0.3, 0.4) is 0 Å². The van der Waals surface area contributed by atoms with E-state index in [1.807, 2.05) is 0 Å². The van der Waals surface area contributed by atoms with E-state index in [1.54, 1.807) is 13.8 Å². The van der Waals surface area contributed by atoms with Crippen molar-refractivity contribution in [2.45, 2.75) is 26.4 Å². The van der Waals surface area contributed by atoms with Gasteiger partial charge in [-0.2, -0.15) is 0 Å². The van der Waals surface area contributed by atoms with Crippen LogP contribution < -0.4 is 5.48 Å². The predicted octanol–water partition coefficient (Wildman–Crippen LogP) is -0.160. The molecule has 0 bridgehead atoms. The van der Waals surface area contributed by atoms with Gasteiger partial charge in [0.05, 0.1) is 5.60 Å². The average molecular weight is 146 g/mol. The fourth-order valence-corrected chi connectivity index (χ4v) is 0.281. The third kappa shape index (κ3) is 7.39. The Bertz CT molecular complexity index is 117. The maximum atomic E-state index is 10.2. The highest BCUT2D eigenvalue weighted by Crippen LogP contribution is 1.99. The fourth-order valence-electron chi connectivity index (χ4n) is 0.281. The molecular weight excluding hydrogens is 134 g/mol. The third-order valence-corrected chi connectivity index (χ3v) is 0.611. The van der Waals surface area contributed by atoms with Crippen LogP contribution in [0.5, 0.6) is 0 Å². The molecule has 0 aliphatic heterocycles. The first kappa shape index (κ1) is 9.39. The molecule has 59 valence electrons. The molecule has 0 fully saturated rings. The van der Waals surface area contributed by atoms with Gasteiger partial charge >= 0.3 is 0 Å². The van der Waals surface area contributed by atoms with E-state index in [1.165, 1.54) is 6.92 Å². The summed E-state index contributed by atoms with van der Waals surface area (Å²) >= 11 is 0. The van der Waals surface area contributed by atoms with Gasteiger partial charge in [-0.3, -0.25) is 4.79 Å². The SMILES string of the molecule is CC(=O)[N]OCC(C)(C)O. The van der Waals surface area contributed by atoms with E-state index in [-0.39, 0.29) is 6.61 Å². The minimum Gasteiger partial charge on any atom is -0.388 e. The predicted molar refractivity (Wildman–Crippen MR) is 35.1 cm³/mol. The molecule has 0 spiro atoms. The van der Waals surface area contributed by atoms with Crippen LogP contribution in [0.25, 0.3) is 0 Å². The summed E-state index contributed by atoms with van der Waals surface area (Å²) in [7, 11) is 0. The normalized spacial score (nSPS) is 11.2. The van der Waals surface area contributed by atoms with Crippen molar-refractivity contribution in [1.82, 2.24) is 5.48 Å². The lowest BCUT2D eigenvalue weighted by atomic mass is 10.2. The van der Waals surface area contributed by atoms with Gasteiger partial charge < -0.3 is 5.11 Å². The molecule has 0 unspecified atom stereocenters. The minimum absolute atomic E-state index is 0.0343. The van der Waals surface area contributed by atoms with Crippen molar-refractivity contribution in [3.05, 3.63) is 0 Å². The molecule has 0 saturated heterocycles. The van der Waals surface area contributed by atoms with Gasteiger partial charge in [-0.25, -0.2) is 4.84 Å². The number of aliphatic hydroxyl groups is 1. The molecule has 0 heterocycles. The van der Waals surface area contributed by atoms with Crippen molar-refractivity contribution in [3.63, 3.8) is 0 Å². The molecule has 0 aromatic heterocycles. The summed E-state index contributed by atoms with van der Waals surface area (Å²) in [6.07, 6.45) is 0. The van der Waals surface area contributed by atoms with E-state index in [0.717, 1.165) is 0 Å². The van der Waals surface area contributed by atoms with E-state index in [4.69, 9.17) is 5.11 Å². The second-order valence-corrected chi connectivity index (χ2v) is 2.70. The Balaban J connectivity index is 3.29. The fraction of sp³-hybridized carbons (Fsp3) is 0.833. The topological polar surface area (TPSA) is 60.6 Å². The maximum absolute atomic E-state index is 10.2. The summed E-state index contributed by atoms with van der Waals surface area (Å²) in [6.45, 7) is 4.46. The van der Waals surface area contributed by atoms with Gasteiger partial charge in [0.25, 0.3) is 5.91 Å².